The van der Waals surface area contributed by atoms with Crippen LogP contribution in [0.5, 0.6) is 11.5 Å². The fourth-order valence-corrected chi connectivity index (χ4v) is 10.6. The molecule has 0 fully saturated rings. The molecule has 0 spiro atoms. The van der Waals surface area contributed by atoms with Gasteiger partial charge in [-0.1, -0.05) is 232 Å². The van der Waals surface area contributed by atoms with Crippen LogP contribution in [0.15, 0.2) is 242 Å². The van der Waals surface area contributed by atoms with Gasteiger partial charge in [-0.3, -0.25) is 13.7 Å². The van der Waals surface area contributed by atoms with Crippen molar-refractivity contribution in [3.8, 4) is 84.3 Å². The van der Waals surface area contributed by atoms with Crippen LogP contribution in [0.2, 0.25) is 0 Å². The number of pyridine rings is 1. The summed E-state index contributed by atoms with van der Waals surface area (Å²) in [7, 11) is 0. The highest BCUT2D eigenvalue weighted by Crippen LogP contribution is 2.44. The van der Waals surface area contributed by atoms with Gasteiger partial charge in [-0.05, 0) is 156 Å². The van der Waals surface area contributed by atoms with E-state index < -0.39 is 154 Å². The lowest BCUT2D eigenvalue weighted by molar-refractivity contribution is -0.571. The number of ether oxygens (including phenoxy) is 1. The third-order valence-corrected chi connectivity index (χ3v) is 15.1. The molecule has 0 N–H and O–H groups in total. The molecular weight excluding hydrogens is 1020 g/mol. The monoisotopic (exact) mass is 1110 g/mol. The van der Waals surface area contributed by atoms with Gasteiger partial charge in [-0.15, -0.1) is 0 Å². The van der Waals surface area contributed by atoms with E-state index in [0.717, 1.165) is 21.9 Å². The molecule has 0 aliphatic carbocycles. The summed E-state index contributed by atoms with van der Waals surface area (Å²) in [5, 5.41) is 1.55. The van der Waals surface area contributed by atoms with Crippen molar-refractivity contribution < 1.29 is 38.1 Å². The molecule has 0 atom stereocenters. The van der Waals surface area contributed by atoms with E-state index in [4.69, 9.17) is 28.9 Å². The number of imidazole rings is 1. The van der Waals surface area contributed by atoms with Gasteiger partial charge in [0.05, 0.1) is 58.1 Å². The number of fused-ring (bicyclic) bond motifs is 4. The lowest BCUT2D eigenvalue weighted by Gasteiger charge is -2.29. The Morgan fingerprint density at radius 2 is 1.01 bits per heavy atom. The highest BCUT2D eigenvalue weighted by molar-refractivity contribution is 6.09. The quantitative estimate of drug-likeness (QED) is 0.101. The Hall–Kier alpha value is -9.58. The normalized spacial score (nSPS) is 15.8. The standard InChI is InChI=1S/C79H70N4O/c1-52-39-75(80-50-70(52)55-29-18-13-19-30-55)83-71-34-21-20-33-66(71)67-38-37-65(49-74(67)83)84-64-32-24-31-63(48-64)81-51-82(73-36-23-22-35-72(73)81)76-68(58-41-56(53-25-14-11-15-26-53)40-57(42-58)54-27-16-12-17-28-54)46-62(79(8,9)10)47-69(76)59-43-60(77(2,3)4)45-61(44-59)78(5,6)7/h11-50H,1-10H3/i1D3,11D,12D,13D,14D,15D,16D,17D,18D,19D,25D,26D,27D,28D,29D,30D,40D,41D,42D. The zero-order valence-electron chi connectivity index (χ0n) is 68.9. The number of hydrogen-bond acceptors (Lipinski definition) is 2. The minimum Gasteiger partial charge on any atom is -0.458 e. The molecule has 3 aromatic heterocycles. The predicted molar refractivity (Wildman–Crippen MR) is 350 cm³/mol. The molecule has 0 saturated carbocycles. The van der Waals surface area contributed by atoms with Gasteiger partial charge in [0, 0.05) is 32.7 Å². The van der Waals surface area contributed by atoms with Crippen molar-refractivity contribution in [1.29, 1.82) is 0 Å². The van der Waals surface area contributed by atoms with Gasteiger partial charge in [0.1, 0.15) is 17.3 Å². The smallest absolute Gasteiger partial charge is 0.269 e. The minimum absolute atomic E-state index is 0.143. The summed E-state index contributed by atoms with van der Waals surface area (Å²) in [5.74, 6) is 0.877. The molecule has 0 saturated heterocycles. The molecule has 13 rings (SSSR count). The highest BCUT2D eigenvalue weighted by Gasteiger charge is 2.28. The van der Waals surface area contributed by atoms with Crippen LogP contribution in [-0.4, -0.2) is 14.1 Å². The van der Waals surface area contributed by atoms with Crippen molar-refractivity contribution in [2.75, 3.05) is 0 Å². The van der Waals surface area contributed by atoms with Crippen molar-refractivity contribution in [1.82, 2.24) is 14.1 Å². The summed E-state index contributed by atoms with van der Waals surface area (Å²) in [6.45, 7) is 15.8. The van der Waals surface area contributed by atoms with Crippen LogP contribution in [-0.2, 0) is 16.2 Å². The molecule has 10 aromatic carbocycles. The number of aryl methyl sites for hydroxylation is 1. The summed E-state index contributed by atoms with van der Waals surface area (Å²) < 4.78 is 202. The van der Waals surface area contributed by atoms with Gasteiger partial charge in [0.2, 0.25) is 0 Å². The van der Waals surface area contributed by atoms with E-state index >= 15 is 0 Å². The third kappa shape index (κ3) is 10.2. The first-order valence-electron chi connectivity index (χ1n) is 38.1. The Kier molecular flexibility index (Phi) is 8.69. The van der Waals surface area contributed by atoms with Crippen molar-refractivity contribution in [2.45, 2.75) is 85.4 Å². The van der Waals surface area contributed by atoms with E-state index in [0.29, 0.717) is 61.6 Å². The highest BCUT2D eigenvalue weighted by atomic mass is 16.5. The Bertz CT molecular complexity index is 5660. The second-order valence-electron chi connectivity index (χ2n) is 23.9. The molecule has 412 valence electrons. The molecule has 84 heavy (non-hydrogen) atoms. The first-order chi connectivity index (χ1) is 49.1. The summed E-state index contributed by atoms with van der Waals surface area (Å²) in [4.78, 5) is 4.74. The molecular formula is C79H70N4O. The van der Waals surface area contributed by atoms with Gasteiger partial charge in [-0.25, -0.2) is 4.98 Å². The number of para-hydroxylation sites is 3. The average molecular weight is 1110 g/mol. The number of benzene rings is 10. The van der Waals surface area contributed by atoms with E-state index in [1.54, 1.807) is 39.5 Å². The van der Waals surface area contributed by atoms with Crippen LogP contribution in [0.3, 0.4) is 0 Å². The molecule has 0 unspecified atom stereocenters. The van der Waals surface area contributed by atoms with Gasteiger partial charge >= 0.3 is 0 Å². The van der Waals surface area contributed by atoms with Crippen LogP contribution in [0.1, 0.15) is 113 Å². The average Bonchev–Trinajstić information content (AvgIpc) is 1.63. The Labute approximate surface area is 524 Å². The van der Waals surface area contributed by atoms with E-state index in [9.17, 15) is 9.60 Å². The minimum atomic E-state index is -2.84. The summed E-state index contributed by atoms with van der Waals surface area (Å²) in [6, 6.07) is 26.4. The largest absolute Gasteiger partial charge is 0.458 e. The Morgan fingerprint density at radius 1 is 0.464 bits per heavy atom. The molecule has 0 amide bonds. The van der Waals surface area contributed by atoms with Gasteiger partial charge < -0.3 is 4.74 Å². The van der Waals surface area contributed by atoms with Gasteiger partial charge in [-0.2, -0.15) is 0 Å². The van der Waals surface area contributed by atoms with Gasteiger partial charge in [0.15, 0.2) is 0 Å². The van der Waals surface area contributed by atoms with Crippen molar-refractivity contribution in [3.63, 3.8) is 0 Å². The zero-order valence-corrected chi connectivity index (χ0v) is 47.9. The maximum atomic E-state index is 10.5. The maximum absolute atomic E-state index is 10.5. The van der Waals surface area contributed by atoms with E-state index in [1.807, 2.05) is 98.1 Å². The lowest BCUT2D eigenvalue weighted by atomic mass is 9.77. The number of nitrogens with zero attached hydrogens (tertiary/aromatic N) is 4. The zero-order chi connectivity index (χ0) is 76.2. The summed E-state index contributed by atoms with van der Waals surface area (Å²) in [6.07, 6.45) is 4.90. The molecule has 5 heteroatoms. The van der Waals surface area contributed by atoms with Crippen LogP contribution in [0, 0.1) is 13.2 Å². The van der Waals surface area contributed by atoms with Crippen LogP contribution in [0.4, 0.5) is 0 Å². The van der Waals surface area contributed by atoms with Crippen molar-refractivity contribution >= 4 is 32.8 Å². The number of rotatable bonds is 10. The predicted octanol–water partition coefficient (Wildman–Crippen LogP) is 20.5. The van der Waals surface area contributed by atoms with Crippen LogP contribution >= 0.6 is 0 Å². The van der Waals surface area contributed by atoms with E-state index in [1.165, 1.54) is 12.3 Å². The van der Waals surface area contributed by atoms with Crippen molar-refractivity contribution in [2.24, 2.45) is 0 Å². The molecule has 3 heterocycles. The molecule has 13 aromatic rings. The molecule has 0 bridgehead atoms. The lowest BCUT2D eigenvalue weighted by Crippen LogP contribution is -2.32. The second-order valence-corrected chi connectivity index (χ2v) is 23.9. The third-order valence-electron chi connectivity index (χ3n) is 15.1. The first-order valence-corrected chi connectivity index (χ1v) is 27.6. The topological polar surface area (TPSA) is 35.9 Å². The Morgan fingerprint density at radius 3 is 1.64 bits per heavy atom. The van der Waals surface area contributed by atoms with E-state index in [-0.39, 0.29) is 33.6 Å². The first kappa shape index (κ1) is 34.8. The summed E-state index contributed by atoms with van der Waals surface area (Å²) >= 11 is 0. The second kappa shape index (κ2) is 21.0. The SMILES string of the molecule is [2H]c1c([2H])c([2H])c(-c2cnc(-n3c4ccccc4c4ccc(Oc5cccc(-n6[c-][n+](-c7c(-c8cc(C(C)(C)C)cc(C(C)(C)C)c8)cc(C(C)(C)C)cc7-c7c([2H])c(-c8c([2H])c([2H])c([2H])c([2H])c8[2H])c([2H])c(-c8c([2H])c([2H])c([2H])c([2H])c8[2H])c7[2H])c7ccccc76)c5)cc43)cc2C([2H])([2H])[2H])c([2H])c1[2H]. The molecule has 5 nitrogen and oxygen atoms in total. The fraction of sp³-hybridized carbons (Fsp3) is 0.165. The molecule has 0 aliphatic rings. The van der Waals surface area contributed by atoms with Crippen molar-refractivity contribution in [3.05, 3.63) is 271 Å². The fourth-order valence-electron chi connectivity index (χ4n) is 10.6. The van der Waals surface area contributed by atoms with Crippen LogP contribution < -0.4 is 9.30 Å². The summed E-state index contributed by atoms with van der Waals surface area (Å²) in [5.41, 5.74) is 2.49. The number of hydrogen-bond donors (Lipinski definition) is 0. The van der Waals surface area contributed by atoms with Gasteiger partial charge in [0.25, 0.3) is 6.33 Å². The van der Waals surface area contributed by atoms with Crippen LogP contribution in [0.25, 0.3) is 106 Å². The maximum Gasteiger partial charge on any atom is 0.269 e. The number of aromatic nitrogens is 4. The Balaban J connectivity index is 1.07. The van der Waals surface area contributed by atoms with E-state index in [2.05, 4.69) is 66.1 Å². The molecule has 0 aliphatic heterocycles. The molecule has 0 radical (unpaired) electrons.